The van der Waals surface area contributed by atoms with Crippen LogP contribution in [0.1, 0.15) is 25.0 Å². The standard InChI is InChI=1S/C18H22N4O4/c23-16-6-10-21(18(25)20-16)11-7-17(24)22-9-3-5-15(12-22)26-13-14-4-1-2-8-19-14/h1-2,4,6,8,10,15H,3,5,7,9,11-13H2,(H,20,23,25)/t15-/m1/s1. The molecule has 2 aromatic rings. The molecule has 0 aromatic carbocycles. The van der Waals surface area contributed by atoms with Crippen LogP contribution in [0.25, 0.3) is 0 Å². The summed E-state index contributed by atoms with van der Waals surface area (Å²) < 4.78 is 7.22. The zero-order valence-electron chi connectivity index (χ0n) is 14.5. The second-order valence-corrected chi connectivity index (χ2v) is 6.29. The van der Waals surface area contributed by atoms with Crippen LogP contribution in [0.5, 0.6) is 0 Å². The Morgan fingerprint density at radius 2 is 2.19 bits per heavy atom. The number of nitrogens with one attached hydrogen (secondary N) is 1. The third-order valence-corrected chi connectivity index (χ3v) is 4.39. The summed E-state index contributed by atoms with van der Waals surface area (Å²) >= 11 is 0. The van der Waals surface area contributed by atoms with Crippen molar-refractivity contribution in [1.82, 2.24) is 19.4 Å². The van der Waals surface area contributed by atoms with E-state index in [9.17, 15) is 14.4 Å². The lowest BCUT2D eigenvalue weighted by Crippen LogP contribution is -2.43. The highest BCUT2D eigenvalue weighted by atomic mass is 16.5. The minimum atomic E-state index is -0.500. The van der Waals surface area contributed by atoms with Crippen LogP contribution in [0.2, 0.25) is 0 Å². The molecule has 26 heavy (non-hydrogen) atoms. The van der Waals surface area contributed by atoms with Gasteiger partial charge in [0.1, 0.15) is 0 Å². The number of hydrogen-bond donors (Lipinski definition) is 1. The molecule has 1 aliphatic heterocycles. The van der Waals surface area contributed by atoms with Crippen molar-refractivity contribution >= 4 is 5.91 Å². The monoisotopic (exact) mass is 358 g/mol. The van der Waals surface area contributed by atoms with Crippen molar-refractivity contribution in [3.63, 3.8) is 0 Å². The van der Waals surface area contributed by atoms with Crippen LogP contribution in [-0.2, 0) is 22.7 Å². The molecule has 0 spiro atoms. The SMILES string of the molecule is O=C(CCn1ccc(=O)[nH]c1=O)N1CCC[C@@H](OCc2ccccn2)C1. The molecule has 3 rings (SSSR count). The Kier molecular flexibility index (Phi) is 5.96. The first kappa shape index (κ1) is 18.1. The van der Waals surface area contributed by atoms with Gasteiger partial charge in [0.15, 0.2) is 0 Å². The van der Waals surface area contributed by atoms with E-state index in [1.54, 1.807) is 11.1 Å². The first-order chi connectivity index (χ1) is 12.6. The van der Waals surface area contributed by atoms with Crippen molar-refractivity contribution in [1.29, 1.82) is 0 Å². The number of ether oxygens (including phenoxy) is 1. The fourth-order valence-electron chi connectivity index (χ4n) is 2.98. The second-order valence-electron chi connectivity index (χ2n) is 6.29. The maximum atomic E-state index is 12.4. The third kappa shape index (κ3) is 4.89. The number of nitrogens with zero attached hydrogens (tertiary/aromatic N) is 3. The molecule has 2 aromatic heterocycles. The molecule has 0 unspecified atom stereocenters. The first-order valence-electron chi connectivity index (χ1n) is 8.71. The quantitative estimate of drug-likeness (QED) is 0.812. The largest absolute Gasteiger partial charge is 0.370 e. The summed E-state index contributed by atoms with van der Waals surface area (Å²) in [7, 11) is 0. The van der Waals surface area contributed by atoms with Crippen LogP contribution in [0, 0.1) is 0 Å². The fraction of sp³-hybridized carbons (Fsp3) is 0.444. The molecule has 3 heterocycles. The molecule has 8 heteroatoms. The van der Waals surface area contributed by atoms with Crippen LogP contribution in [0.4, 0.5) is 0 Å². The average Bonchev–Trinajstić information content (AvgIpc) is 2.66. The molecule has 1 N–H and O–H groups in total. The van der Waals surface area contributed by atoms with E-state index in [4.69, 9.17) is 4.74 Å². The van der Waals surface area contributed by atoms with Crippen LogP contribution < -0.4 is 11.2 Å². The second kappa shape index (κ2) is 8.57. The van der Waals surface area contributed by atoms with Gasteiger partial charge in [0.2, 0.25) is 5.91 Å². The van der Waals surface area contributed by atoms with Gasteiger partial charge in [-0.2, -0.15) is 0 Å². The smallest absolute Gasteiger partial charge is 0.328 e. The van der Waals surface area contributed by atoms with Gasteiger partial charge >= 0.3 is 5.69 Å². The molecule has 1 atom stereocenters. The molecular weight excluding hydrogens is 336 g/mol. The summed E-state index contributed by atoms with van der Waals surface area (Å²) in [6, 6.07) is 6.96. The number of H-pyrrole nitrogens is 1. The van der Waals surface area contributed by atoms with Gasteiger partial charge < -0.3 is 14.2 Å². The molecule has 8 nitrogen and oxygen atoms in total. The summed E-state index contributed by atoms with van der Waals surface area (Å²) in [4.78, 5) is 43.4. The number of likely N-dealkylation sites (tertiary alicyclic amines) is 1. The van der Waals surface area contributed by atoms with Gasteiger partial charge in [-0.15, -0.1) is 0 Å². The third-order valence-electron chi connectivity index (χ3n) is 4.39. The van der Waals surface area contributed by atoms with Crippen LogP contribution >= 0.6 is 0 Å². The zero-order chi connectivity index (χ0) is 18.4. The molecule has 0 saturated carbocycles. The maximum Gasteiger partial charge on any atom is 0.328 e. The summed E-state index contributed by atoms with van der Waals surface area (Å²) in [5, 5.41) is 0. The number of carbonyl (C=O) groups is 1. The van der Waals surface area contributed by atoms with E-state index < -0.39 is 11.2 Å². The molecule has 138 valence electrons. The number of aromatic nitrogens is 3. The first-order valence-corrected chi connectivity index (χ1v) is 8.71. The highest BCUT2D eigenvalue weighted by molar-refractivity contribution is 5.76. The lowest BCUT2D eigenvalue weighted by molar-refractivity contribution is -0.135. The molecule has 0 aliphatic carbocycles. The molecule has 1 saturated heterocycles. The van der Waals surface area contributed by atoms with Crippen molar-refractivity contribution in [2.24, 2.45) is 0 Å². The Bertz CT molecular complexity index is 846. The predicted octanol–water partition coefficient (Wildman–Crippen LogP) is 0.529. The van der Waals surface area contributed by atoms with Crippen molar-refractivity contribution in [3.05, 3.63) is 63.2 Å². The molecule has 0 bridgehead atoms. The number of rotatable bonds is 6. The summed E-state index contributed by atoms with van der Waals surface area (Å²) in [5.41, 5.74) is -0.0737. The van der Waals surface area contributed by atoms with E-state index in [0.717, 1.165) is 18.5 Å². The Hall–Kier alpha value is -2.74. The van der Waals surface area contributed by atoms with Gasteiger partial charge in [0.05, 0.1) is 18.4 Å². The molecular formula is C18H22N4O4. The lowest BCUT2D eigenvalue weighted by Gasteiger charge is -2.32. The highest BCUT2D eigenvalue weighted by Gasteiger charge is 2.24. The minimum Gasteiger partial charge on any atom is -0.370 e. The summed E-state index contributed by atoms with van der Waals surface area (Å²) in [6.07, 6.45) is 5.13. The van der Waals surface area contributed by atoms with Crippen LogP contribution in [0.3, 0.4) is 0 Å². The average molecular weight is 358 g/mol. The fourth-order valence-corrected chi connectivity index (χ4v) is 2.98. The normalized spacial score (nSPS) is 17.2. The summed E-state index contributed by atoms with van der Waals surface area (Å²) in [6.45, 7) is 1.92. The zero-order valence-corrected chi connectivity index (χ0v) is 14.5. The predicted molar refractivity (Wildman–Crippen MR) is 94.6 cm³/mol. The van der Waals surface area contributed by atoms with E-state index in [2.05, 4.69) is 9.97 Å². The Balaban J connectivity index is 1.49. The van der Waals surface area contributed by atoms with Gasteiger partial charge in [-0.3, -0.25) is 19.6 Å². The number of amides is 1. The van der Waals surface area contributed by atoms with Gasteiger partial charge in [-0.25, -0.2) is 4.79 Å². The van der Waals surface area contributed by atoms with Crippen LogP contribution in [0.15, 0.2) is 46.2 Å². The lowest BCUT2D eigenvalue weighted by atomic mass is 10.1. The van der Waals surface area contributed by atoms with E-state index >= 15 is 0 Å². The Morgan fingerprint density at radius 1 is 1.31 bits per heavy atom. The van der Waals surface area contributed by atoms with E-state index in [1.165, 1.54) is 16.8 Å². The molecule has 1 fully saturated rings. The van der Waals surface area contributed by atoms with E-state index in [-0.39, 0.29) is 25.0 Å². The topological polar surface area (TPSA) is 97.3 Å². The van der Waals surface area contributed by atoms with Gasteiger partial charge in [-0.1, -0.05) is 6.07 Å². The minimum absolute atomic E-state index is 0.00879. The number of carbonyl (C=O) groups excluding carboxylic acids is 1. The van der Waals surface area contributed by atoms with Crippen molar-refractivity contribution in [2.45, 2.75) is 38.5 Å². The van der Waals surface area contributed by atoms with Gasteiger partial charge in [0, 0.05) is 44.5 Å². The summed E-state index contributed by atoms with van der Waals surface area (Å²) in [5.74, 6) is -0.0192. The van der Waals surface area contributed by atoms with E-state index in [0.29, 0.717) is 19.7 Å². The van der Waals surface area contributed by atoms with Gasteiger partial charge in [0.25, 0.3) is 5.56 Å². The van der Waals surface area contributed by atoms with Crippen molar-refractivity contribution < 1.29 is 9.53 Å². The Labute approximate surface area is 150 Å². The van der Waals surface area contributed by atoms with Gasteiger partial charge in [-0.05, 0) is 25.0 Å². The maximum absolute atomic E-state index is 12.4. The molecule has 1 amide bonds. The van der Waals surface area contributed by atoms with E-state index in [1.807, 2.05) is 18.2 Å². The number of aromatic amines is 1. The number of aryl methyl sites for hydroxylation is 1. The molecule has 0 radical (unpaired) electrons. The van der Waals surface area contributed by atoms with Crippen molar-refractivity contribution in [2.75, 3.05) is 13.1 Å². The molecule has 1 aliphatic rings. The number of pyridine rings is 1. The Morgan fingerprint density at radius 3 is 2.96 bits per heavy atom. The number of piperidine rings is 1. The number of hydrogen-bond acceptors (Lipinski definition) is 5. The highest BCUT2D eigenvalue weighted by Crippen LogP contribution is 2.15. The van der Waals surface area contributed by atoms with Crippen molar-refractivity contribution in [3.8, 4) is 0 Å². The van der Waals surface area contributed by atoms with Crippen LogP contribution in [-0.4, -0.2) is 44.5 Å².